The quantitative estimate of drug-likeness (QED) is 0.367. The van der Waals surface area contributed by atoms with E-state index in [-0.39, 0.29) is 22.4 Å². The fraction of sp³-hybridized carbons (Fsp3) is 0.160. The van der Waals surface area contributed by atoms with E-state index in [4.69, 9.17) is 4.74 Å². The fourth-order valence-corrected chi connectivity index (χ4v) is 3.41. The second-order valence-electron chi connectivity index (χ2n) is 7.93. The van der Waals surface area contributed by atoms with Gasteiger partial charge in [-0.3, -0.25) is 4.79 Å². The first-order valence-electron chi connectivity index (χ1n) is 10.5. The van der Waals surface area contributed by atoms with Gasteiger partial charge in [0.15, 0.2) is 0 Å². The summed E-state index contributed by atoms with van der Waals surface area (Å²) in [6.07, 6.45) is 1.47. The molecule has 0 spiro atoms. The number of aromatic amines is 2. The number of halogens is 1. The number of rotatable bonds is 8. The number of aromatic nitrogens is 3. The number of pyridine rings is 1. The van der Waals surface area contributed by atoms with E-state index >= 15 is 0 Å². The van der Waals surface area contributed by atoms with Gasteiger partial charge in [-0.25, -0.2) is 14.2 Å². The molecule has 2 aromatic carbocycles. The Labute approximate surface area is 194 Å². The molecule has 0 atom stereocenters. The number of hydrogen-bond acceptors (Lipinski definition) is 5. The number of aromatic carboxylic acids is 1. The molecule has 0 saturated carbocycles. The Bertz CT molecular complexity index is 1380. The molecule has 0 amide bonds. The molecule has 9 heteroatoms. The summed E-state index contributed by atoms with van der Waals surface area (Å²) < 4.78 is 20.5. The summed E-state index contributed by atoms with van der Waals surface area (Å²) in [4.78, 5) is 35.7. The van der Waals surface area contributed by atoms with Crippen LogP contribution >= 0.6 is 0 Å². The van der Waals surface area contributed by atoms with Crippen LogP contribution < -0.4 is 10.3 Å². The first-order valence-corrected chi connectivity index (χ1v) is 10.5. The standard InChI is InChI=1S/C25H23FN4O4/c1-30(2)11-12-34-18-6-3-15(4-7-18)24-28-22(16-9-10-27-21(31)14-16)23(29-24)19-13-17(25(32)33)5-8-20(19)26/h3-10,13-14H,11-12H2,1-2H3,(H,27,31)(H,28,29)(H,32,33). The van der Waals surface area contributed by atoms with Crippen molar-refractivity contribution in [2.24, 2.45) is 0 Å². The first-order chi connectivity index (χ1) is 16.3. The van der Waals surface area contributed by atoms with Crippen molar-refractivity contribution in [2.75, 3.05) is 27.2 Å². The normalized spacial score (nSPS) is 11.1. The molecule has 0 saturated heterocycles. The number of imidazole rings is 1. The zero-order valence-corrected chi connectivity index (χ0v) is 18.6. The molecular weight excluding hydrogens is 439 g/mol. The predicted octanol–water partition coefficient (Wildman–Crippen LogP) is 3.88. The number of hydrogen-bond donors (Lipinski definition) is 3. The van der Waals surface area contributed by atoms with E-state index < -0.39 is 11.8 Å². The van der Waals surface area contributed by atoms with Crippen LogP contribution in [-0.4, -0.2) is 58.2 Å². The minimum absolute atomic E-state index is 0.0394. The molecule has 4 rings (SSSR count). The maximum absolute atomic E-state index is 14.8. The maximum atomic E-state index is 14.8. The van der Waals surface area contributed by atoms with Crippen molar-refractivity contribution in [3.05, 3.63) is 82.5 Å². The third kappa shape index (κ3) is 5.05. The number of ether oxygens (including phenoxy) is 1. The third-order valence-electron chi connectivity index (χ3n) is 5.17. The minimum Gasteiger partial charge on any atom is -0.492 e. The lowest BCUT2D eigenvalue weighted by atomic mass is 10.0. The predicted molar refractivity (Wildman–Crippen MR) is 126 cm³/mol. The van der Waals surface area contributed by atoms with Crippen molar-refractivity contribution in [3.63, 3.8) is 0 Å². The van der Waals surface area contributed by atoms with Crippen LogP contribution in [0.15, 0.2) is 65.6 Å². The van der Waals surface area contributed by atoms with E-state index in [0.29, 0.717) is 35.0 Å². The lowest BCUT2D eigenvalue weighted by molar-refractivity contribution is 0.0697. The van der Waals surface area contributed by atoms with Crippen LogP contribution in [0.1, 0.15) is 10.4 Å². The van der Waals surface area contributed by atoms with Gasteiger partial charge in [-0.1, -0.05) is 0 Å². The molecule has 0 bridgehead atoms. The summed E-state index contributed by atoms with van der Waals surface area (Å²) in [6.45, 7) is 1.33. The molecule has 4 aromatic rings. The lowest BCUT2D eigenvalue weighted by Gasteiger charge is -2.11. The fourth-order valence-electron chi connectivity index (χ4n) is 3.41. The molecular formula is C25H23FN4O4. The number of H-pyrrole nitrogens is 2. The largest absolute Gasteiger partial charge is 0.492 e. The van der Waals surface area contributed by atoms with Crippen LogP contribution in [0, 0.1) is 5.82 Å². The summed E-state index contributed by atoms with van der Waals surface area (Å²) in [7, 11) is 3.93. The van der Waals surface area contributed by atoms with E-state index in [9.17, 15) is 19.1 Å². The molecule has 2 heterocycles. The van der Waals surface area contributed by atoms with Gasteiger partial charge in [0, 0.05) is 35.5 Å². The Morgan fingerprint density at radius 2 is 1.85 bits per heavy atom. The first kappa shape index (κ1) is 22.9. The van der Waals surface area contributed by atoms with Crippen molar-refractivity contribution in [1.82, 2.24) is 19.9 Å². The van der Waals surface area contributed by atoms with Crippen molar-refractivity contribution in [2.45, 2.75) is 0 Å². The van der Waals surface area contributed by atoms with Gasteiger partial charge in [0.2, 0.25) is 5.56 Å². The zero-order chi connectivity index (χ0) is 24.2. The average Bonchev–Trinajstić information content (AvgIpc) is 3.25. The Morgan fingerprint density at radius 3 is 2.53 bits per heavy atom. The molecule has 0 unspecified atom stereocenters. The smallest absolute Gasteiger partial charge is 0.335 e. The van der Waals surface area contributed by atoms with Crippen molar-refractivity contribution in [3.8, 4) is 39.7 Å². The van der Waals surface area contributed by atoms with Gasteiger partial charge in [0.05, 0.1) is 17.0 Å². The van der Waals surface area contributed by atoms with Crippen LogP contribution in [0.25, 0.3) is 33.9 Å². The van der Waals surface area contributed by atoms with Gasteiger partial charge >= 0.3 is 5.97 Å². The van der Waals surface area contributed by atoms with E-state index in [1.807, 2.05) is 43.3 Å². The van der Waals surface area contributed by atoms with E-state index in [1.54, 1.807) is 6.07 Å². The molecule has 174 valence electrons. The molecule has 0 fully saturated rings. The molecule has 34 heavy (non-hydrogen) atoms. The van der Waals surface area contributed by atoms with Gasteiger partial charge in [-0.05, 0) is 62.6 Å². The number of nitrogens with one attached hydrogen (secondary N) is 2. The van der Waals surface area contributed by atoms with E-state index in [2.05, 4.69) is 15.0 Å². The second-order valence-corrected chi connectivity index (χ2v) is 7.93. The molecule has 2 aromatic heterocycles. The minimum atomic E-state index is -1.18. The second kappa shape index (κ2) is 9.72. The average molecular weight is 462 g/mol. The number of carboxylic acid groups (broad SMARTS) is 1. The van der Waals surface area contributed by atoms with Crippen molar-refractivity contribution < 1.29 is 19.0 Å². The van der Waals surface area contributed by atoms with Crippen molar-refractivity contribution >= 4 is 5.97 Å². The van der Waals surface area contributed by atoms with Crippen LogP contribution in [0.3, 0.4) is 0 Å². The summed E-state index contributed by atoms with van der Waals surface area (Å²) in [5, 5.41) is 9.36. The topological polar surface area (TPSA) is 111 Å². The molecule has 0 aliphatic heterocycles. The summed E-state index contributed by atoms with van der Waals surface area (Å²) in [5.41, 5.74) is 1.41. The molecule has 0 radical (unpaired) electrons. The molecule has 8 nitrogen and oxygen atoms in total. The van der Waals surface area contributed by atoms with Gasteiger partial charge in [-0.15, -0.1) is 0 Å². The molecule has 0 aliphatic carbocycles. The highest BCUT2D eigenvalue weighted by Crippen LogP contribution is 2.34. The number of benzene rings is 2. The van der Waals surface area contributed by atoms with Gasteiger partial charge in [0.25, 0.3) is 0 Å². The third-order valence-corrected chi connectivity index (χ3v) is 5.17. The SMILES string of the molecule is CN(C)CCOc1ccc(-c2nc(-c3cc[nH]c(=O)c3)c(-c3cc(C(=O)O)ccc3F)[nH]2)cc1. The van der Waals surface area contributed by atoms with Crippen molar-refractivity contribution in [1.29, 1.82) is 0 Å². The Morgan fingerprint density at radius 1 is 1.09 bits per heavy atom. The maximum Gasteiger partial charge on any atom is 0.335 e. The Balaban J connectivity index is 1.77. The van der Waals surface area contributed by atoms with Crippen LogP contribution in [-0.2, 0) is 0 Å². The Kier molecular flexibility index (Phi) is 6.55. The molecule has 3 N–H and O–H groups in total. The van der Waals surface area contributed by atoms with Crippen LogP contribution in [0.5, 0.6) is 5.75 Å². The zero-order valence-electron chi connectivity index (χ0n) is 18.6. The number of likely N-dealkylation sites (N-methyl/N-ethyl adjacent to an activating group) is 1. The number of carboxylic acids is 1. The highest BCUT2D eigenvalue weighted by atomic mass is 19.1. The Hall–Kier alpha value is -4.24. The number of carbonyl (C=O) groups is 1. The lowest BCUT2D eigenvalue weighted by Crippen LogP contribution is -2.19. The van der Waals surface area contributed by atoms with Gasteiger partial charge in [0.1, 0.15) is 24.0 Å². The summed E-state index contributed by atoms with van der Waals surface area (Å²) in [6, 6.07) is 13.8. The molecule has 0 aliphatic rings. The van der Waals surface area contributed by atoms with Crippen LogP contribution in [0.4, 0.5) is 4.39 Å². The summed E-state index contributed by atoms with van der Waals surface area (Å²) >= 11 is 0. The highest BCUT2D eigenvalue weighted by molar-refractivity contribution is 5.91. The summed E-state index contributed by atoms with van der Waals surface area (Å²) in [5.74, 6) is -0.655. The highest BCUT2D eigenvalue weighted by Gasteiger charge is 2.20. The monoisotopic (exact) mass is 462 g/mol. The van der Waals surface area contributed by atoms with Gasteiger partial charge in [-0.2, -0.15) is 0 Å². The number of nitrogens with zero attached hydrogens (tertiary/aromatic N) is 2. The van der Waals surface area contributed by atoms with E-state index in [0.717, 1.165) is 12.6 Å². The van der Waals surface area contributed by atoms with Crippen LogP contribution in [0.2, 0.25) is 0 Å². The van der Waals surface area contributed by atoms with Gasteiger partial charge < -0.3 is 24.7 Å². The van der Waals surface area contributed by atoms with E-state index in [1.165, 1.54) is 24.4 Å².